The number of para-hydroxylation sites is 1. The average molecular weight is 250 g/mol. The van der Waals surface area contributed by atoms with Crippen LogP contribution in [0.4, 0.5) is 0 Å². The van der Waals surface area contributed by atoms with E-state index in [9.17, 15) is 0 Å². The lowest BCUT2D eigenvalue weighted by Crippen LogP contribution is -2.24. The fourth-order valence-electron chi connectivity index (χ4n) is 1.98. The Bertz CT molecular complexity index is 424. The molecule has 0 bridgehead atoms. The van der Waals surface area contributed by atoms with Crippen molar-refractivity contribution in [1.29, 1.82) is 0 Å². The molecule has 0 saturated heterocycles. The van der Waals surface area contributed by atoms with Crippen molar-refractivity contribution in [2.45, 2.75) is 25.9 Å². The van der Waals surface area contributed by atoms with Gasteiger partial charge in [0.25, 0.3) is 0 Å². The molecule has 1 aromatic rings. The van der Waals surface area contributed by atoms with Crippen LogP contribution in [-0.2, 0) is 6.42 Å². The van der Waals surface area contributed by atoms with Gasteiger partial charge in [0.15, 0.2) is 11.5 Å². The molecule has 92 valence electrons. The number of hydrogen-bond donors (Lipinski definition) is 1. The highest BCUT2D eigenvalue weighted by molar-refractivity contribution is 7.80. The average Bonchev–Trinajstić information content (AvgIpc) is 2.59. The molecule has 0 N–H and O–H groups in total. The molecule has 1 aliphatic rings. The largest absolute Gasteiger partial charge is 0.486 e. The Labute approximate surface area is 108 Å². The third-order valence-corrected chi connectivity index (χ3v) is 2.87. The summed E-state index contributed by atoms with van der Waals surface area (Å²) in [6.45, 7) is 4.75. The quantitative estimate of drug-likeness (QED) is 0.653. The molecule has 0 aromatic heterocycles. The molecule has 0 spiro atoms. The summed E-state index contributed by atoms with van der Waals surface area (Å²) in [6.07, 6.45) is 4.87. The molecule has 1 aliphatic heterocycles. The predicted molar refractivity (Wildman–Crippen MR) is 73.3 cm³/mol. The van der Waals surface area contributed by atoms with Crippen molar-refractivity contribution < 1.29 is 9.47 Å². The third-order valence-electron chi connectivity index (χ3n) is 2.66. The lowest BCUT2D eigenvalue weighted by molar-refractivity contribution is 0.133. The first-order chi connectivity index (χ1) is 8.12. The van der Waals surface area contributed by atoms with Crippen molar-refractivity contribution in [3.8, 4) is 11.5 Å². The Kier molecular flexibility index (Phi) is 3.67. The summed E-state index contributed by atoms with van der Waals surface area (Å²) in [7, 11) is 0. The standard InChI is InChI=1S/C14H18O2S/c1-14(2)10-11-6-5-7-12(13(11)16-14)15-8-3-4-9-17/h3-7,17H,8-10H2,1-2H3. The molecular weight excluding hydrogens is 232 g/mol. The molecule has 0 unspecified atom stereocenters. The normalized spacial score (nSPS) is 16.9. The Balaban J connectivity index is 2.10. The maximum atomic E-state index is 5.92. The van der Waals surface area contributed by atoms with E-state index in [0.717, 1.165) is 23.7 Å². The van der Waals surface area contributed by atoms with Gasteiger partial charge in [-0.2, -0.15) is 12.6 Å². The van der Waals surface area contributed by atoms with Gasteiger partial charge in [0.2, 0.25) is 0 Å². The van der Waals surface area contributed by atoms with Crippen molar-refractivity contribution in [2.24, 2.45) is 0 Å². The first-order valence-electron chi connectivity index (χ1n) is 5.82. The number of fused-ring (bicyclic) bond motifs is 1. The van der Waals surface area contributed by atoms with Gasteiger partial charge in [0.1, 0.15) is 12.2 Å². The van der Waals surface area contributed by atoms with Crippen molar-refractivity contribution >= 4 is 12.6 Å². The maximum absolute atomic E-state index is 5.92. The van der Waals surface area contributed by atoms with Crippen LogP contribution in [0.1, 0.15) is 19.4 Å². The Morgan fingerprint density at radius 3 is 3.00 bits per heavy atom. The number of rotatable bonds is 4. The minimum Gasteiger partial charge on any atom is -0.486 e. The van der Waals surface area contributed by atoms with Crippen LogP contribution in [0.5, 0.6) is 11.5 Å². The molecule has 2 nitrogen and oxygen atoms in total. The maximum Gasteiger partial charge on any atom is 0.165 e. The van der Waals surface area contributed by atoms with Gasteiger partial charge in [-0.3, -0.25) is 0 Å². The molecule has 0 fully saturated rings. The fraction of sp³-hybridized carbons (Fsp3) is 0.429. The highest BCUT2D eigenvalue weighted by atomic mass is 32.1. The van der Waals surface area contributed by atoms with Gasteiger partial charge < -0.3 is 9.47 Å². The lowest BCUT2D eigenvalue weighted by Gasteiger charge is -2.18. The van der Waals surface area contributed by atoms with E-state index >= 15 is 0 Å². The highest BCUT2D eigenvalue weighted by Gasteiger charge is 2.32. The fourth-order valence-corrected chi connectivity index (χ4v) is 2.13. The van der Waals surface area contributed by atoms with E-state index in [1.54, 1.807) is 0 Å². The minimum atomic E-state index is -0.122. The summed E-state index contributed by atoms with van der Waals surface area (Å²) >= 11 is 4.10. The van der Waals surface area contributed by atoms with E-state index < -0.39 is 0 Å². The van der Waals surface area contributed by atoms with Crippen LogP contribution in [0.2, 0.25) is 0 Å². The second kappa shape index (κ2) is 5.05. The number of hydrogen-bond acceptors (Lipinski definition) is 3. The Morgan fingerprint density at radius 1 is 1.41 bits per heavy atom. The zero-order chi connectivity index (χ0) is 12.3. The molecule has 1 heterocycles. The van der Waals surface area contributed by atoms with E-state index in [2.05, 4.69) is 32.5 Å². The molecule has 17 heavy (non-hydrogen) atoms. The van der Waals surface area contributed by atoms with Gasteiger partial charge in [-0.05, 0) is 19.9 Å². The van der Waals surface area contributed by atoms with E-state index in [4.69, 9.17) is 9.47 Å². The van der Waals surface area contributed by atoms with Crippen LogP contribution in [0.15, 0.2) is 30.4 Å². The first kappa shape index (κ1) is 12.4. The summed E-state index contributed by atoms with van der Waals surface area (Å²) < 4.78 is 11.6. The molecule has 0 saturated carbocycles. The van der Waals surface area contributed by atoms with Crippen LogP contribution >= 0.6 is 12.6 Å². The number of ether oxygens (including phenoxy) is 2. The molecular formula is C14H18O2S. The molecule has 2 rings (SSSR count). The van der Waals surface area contributed by atoms with Crippen LogP contribution in [0.25, 0.3) is 0 Å². The Hall–Kier alpha value is -1.09. The SMILES string of the molecule is CC1(C)Cc2cccc(OCC=CCS)c2O1. The molecule has 0 amide bonds. The molecule has 3 heteroatoms. The highest BCUT2D eigenvalue weighted by Crippen LogP contribution is 2.41. The topological polar surface area (TPSA) is 18.5 Å². The van der Waals surface area contributed by atoms with Crippen LogP contribution in [0.3, 0.4) is 0 Å². The van der Waals surface area contributed by atoms with E-state index in [0.29, 0.717) is 6.61 Å². The summed E-state index contributed by atoms with van der Waals surface area (Å²) in [5, 5.41) is 0. The first-order valence-corrected chi connectivity index (χ1v) is 6.45. The van der Waals surface area contributed by atoms with Crippen molar-refractivity contribution in [3.05, 3.63) is 35.9 Å². The number of thiol groups is 1. The van der Waals surface area contributed by atoms with Crippen molar-refractivity contribution in [1.82, 2.24) is 0 Å². The second-order valence-electron chi connectivity index (χ2n) is 4.75. The van der Waals surface area contributed by atoms with Gasteiger partial charge in [0, 0.05) is 17.7 Å². The Morgan fingerprint density at radius 2 is 2.24 bits per heavy atom. The smallest absolute Gasteiger partial charge is 0.165 e. The summed E-state index contributed by atoms with van der Waals surface area (Å²) in [5.41, 5.74) is 1.11. The van der Waals surface area contributed by atoms with Crippen LogP contribution in [0, 0.1) is 0 Å². The zero-order valence-electron chi connectivity index (χ0n) is 10.3. The van der Waals surface area contributed by atoms with Gasteiger partial charge in [0.05, 0.1) is 0 Å². The predicted octanol–water partition coefficient (Wildman–Crippen LogP) is 3.26. The van der Waals surface area contributed by atoms with E-state index in [1.165, 1.54) is 5.56 Å². The van der Waals surface area contributed by atoms with Crippen molar-refractivity contribution in [3.63, 3.8) is 0 Å². The number of benzene rings is 1. The van der Waals surface area contributed by atoms with Gasteiger partial charge in [-0.1, -0.05) is 24.3 Å². The van der Waals surface area contributed by atoms with E-state index in [1.807, 2.05) is 24.3 Å². The third kappa shape index (κ3) is 2.97. The lowest BCUT2D eigenvalue weighted by atomic mass is 10.0. The van der Waals surface area contributed by atoms with Gasteiger partial charge in [-0.25, -0.2) is 0 Å². The van der Waals surface area contributed by atoms with Crippen molar-refractivity contribution in [2.75, 3.05) is 12.4 Å². The molecule has 0 radical (unpaired) electrons. The van der Waals surface area contributed by atoms with Crippen LogP contribution in [-0.4, -0.2) is 18.0 Å². The monoisotopic (exact) mass is 250 g/mol. The van der Waals surface area contributed by atoms with Gasteiger partial charge >= 0.3 is 0 Å². The summed E-state index contributed by atoms with van der Waals surface area (Å²) in [6, 6.07) is 6.07. The molecule has 0 aliphatic carbocycles. The van der Waals surface area contributed by atoms with Crippen LogP contribution < -0.4 is 9.47 Å². The molecule has 0 atom stereocenters. The summed E-state index contributed by atoms with van der Waals surface area (Å²) in [4.78, 5) is 0. The molecule has 1 aromatic carbocycles. The second-order valence-corrected chi connectivity index (χ2v) is 5.11. The minimum absolute atomic E-state index is 0.122. The van der Waals surface area contributed by atoms with E-state index in [-0.39, 0.29) is 5.60 Å². The zero-order valence-corrected chi connectivity index (χ0v) is 11.2. The summed E-state index contributed by atoms with van der Waals surface area (Å²) in [5.74, 6) is 2.47. The van der Waals surface area contributed by atoms with Gasteiger partial charge in [-0.15, -0.1) is 0 Å².